The summed E-state index contributed by atoms with van der Waals surface area (Å²) in [6.45, 7) is 4.42. The molecule has 1 aromatic carbocycles. The monoisotopic (exact) mass is 283 g/mol. The Labute approximate surface area is 125 Å². The van der Waals surface area contributed by atoms with Gasteiger partial charge < -0.3 is 10.6 Å². The summed E-state index contributed by atoms with van der Waals surface area (Å²) >= 11 is 0. The first kappa shape index (κ1) is 15.2. The molecule has 2 aromatic rings. The van der Waals surface area contributed by atoms with Crippen LogP contribution < -0.4 is 10.6 Å². The second kappa shape index (κ2) is 6.99. The fourth-order valence-corrected chi connectivity index (χ4v) is 2.41. The van der Waals surface area contributed by atoms with Crippen LogP contribution >= 0.6 is 0 Å². The van der Waals surface area contributed by atoms with Gasteiger partial charge in [0.2, 0.25) is 5.91 Å². The maximum atomic E-state index is 12.0. The van der Waals surface area contributed by atoms with Crippen molar-refractivity contribution in [2.45, 2.75) is 19.9 Å². The number of carbonyl (C=O) groups is 1. The van der Waals surface area contributed by atoms with E-state index in [0.717, 1.165) is 16.7 Å². The zero-order chi connectivity index (χ0) is 15.2. The summed E-state index contributed by atoms with van der Waals surface area (Å²) in [5.74, 6) is -0.0358. The first-order valence-electron chi connectivity index (χ1n) is 7.03. The molecule has 1 atom stereocenters. The zero-order valence-corrected chi connectivity index (χ0v) is 12.7. The Morgan fingerprint density at radius 2 is 2.10 bits per heavy atom. The van der Waals surface area contributed by atoms with Crippen LogP contribution in [0.5, 0.6) is 0 Å². The maximum absolute atomic E-state index is 12.0. The van der Waals surface area contributed by atoms with Gasteiger partial charge in [-0.05, 0) is 43.7 Å². The van der Waals surface area contributed by atoms with Gasteiger partial charge in [-0.15, -0.1) is 0 Å². The Hall–Kier alpha value is -2.20. The molecule has 0 saturated carbocycles. The third-order valence-electron chi connectivity index (χ3n) is 3.40. The second-order valence-corrected chi connectivity index (χ2v) is 5.18. The van der Waals surface area contributed by atoms with E-state index in [9.17, 15) is 4.79 Å². The number of pyridine rings is 1. The van der Waals surface area contributed by atoms with Crippen LogP contribution in [0.15, 0.2) is 42.7 Å². The van der Waals surface area contributed by atoms with Crippen LogP contribution in [0.2, 0.25) is 0 Å². The van der Waals surface area contributed by atoms with Gasteiger partial charge in [0.05, 0.1) is 12.6 Å². The standard InChI is InChI=1S/C17H21N3O/c1-12-6-7-15(13(2)9-12)17(20-16(21)11-18-3)14-5-4-8-19-10-14/h4-10,17-18H,11H2,1-3H3,(H,20,21)/t17-/m0/s1. The van der Waals surface area contributed by atoms with Crippen LogP contribution in [-0.4, -0.2) is 24.5 Å². The minimum absolute atomic E-state index is 0.0358. The number of hydrogen-bond acceptors (Lipinski definition) is 3. The number of benzene rings is 1. The van der Waals surface area contributed by atoms with E-state index in [1.165, 1.54) is 5.56 Å². The molecular formula is C17H21N3O. The largest absolute Gasteiger partial charge is 0.344 e. The highest BCUT2D eigenvalue weighted by molar-refractivity contribution is 5.79. The summed E-state index contributed by atoms with van der Waals surface area (Å²) in [5, 5.41) is 5.94. The lowest BCUT2D eigenvalue weighted by Crippen LogP contribution is -2.35. The summed E-state index contributed by atoms with van der Waals surface area (Å²) in [5.41, 5.74) is 4.45. The minimum atomic E-state index is -0.180. The van der Waals surface area contributed by atoms with Gasteiger partial charge in [-0.3, -0.25) is 9.78 Å². The van der Waals surface area contributed by atoms with Crippen LogP contribution in [0.4, 0.5) is 0 Å². The highest BCUT2D eigenvalue weighted by Crippen LogP contribution is 2.25. The molecule has 1 heterocycles. The Morgan fingerprint density at radius 1 is 1.29 bits per heavy atom. The average molecular weight is 283 g/mol. The summed E-state index contributed by atoms with van der Waals surface area (Å²) in [4.78, 5) is 16.1. The van der Waals surface area contributed by atoms with Crippen LogP contribution in [0, 0.1) is 13.8 Å². The Morgan fingerprint density at radius 3 is 2.71 bits per heavy atom. The SMILES string of the molecule is CNCC(=O)N[C@@H](c1cccnc1)c1ccc(C)cc1C. The van der Waals surface area contributed by atoms with E-state index in [1.807, 2.05) is 12.1 Å². The van der Waals surface area contributed by atoms with Crippen LogP contribution in [0.25, 0.3) is 0 Å². The molecule has 0 aliphatic carbocycles. The van der Waals surface area contributed by atoms with E-state index in [4.69, 9.17) is 0 Å². The van der Waals surface area contributed by atoms with E-state index in [1.54, 1.807) is 19.4 Å². The quantitative estimate of drug-likeness (QED) is 0.884. The molecule has 0 radical (unpaired) electrons. The van der Waals surface area contributed by atoms with E-state index in [2.05, 4.69) is 47.7 Å². The molecular weight excluding hydrogens is 262 g/mol. The van der Waals surface area contributed by atoms with Gasteiger partial charge in [0.1, 0.15) is 0 Å². The van der Waals surface area contributed by atoms with Gasteiger partial charge in [-0.1, -0.05) is 29.8 Å². The van der Waals surface area contributed by atoms with Gasteiger partial charge in [0.25, 0.3) is 0 Å². The number of carbonyl (C=O) groups excluding carboxylic acids is 1. The van der Waals surface area contributed by atoms with Crippen molar-refractivity contribution in [2.75, 3.05) is 13.6 Å². The topological polar surface area (TPSA) is 54.0 Å². The third-order valence-corrected chi connectivity index (χ3v) is 3.40. The van der Waals surface area contributed by atoms with Crippen molar-refractivity contribution in [1.82, 2.24) is 15.6 Å². The molecule has 0 fully saturated rings. The highest BCUT2D eigenvalue weighted by atomic mass is 16.1. The van der Waals surface area contributed by atoms with Crippen LogP contribution in [0.1, 0.15) is 28.3 Å². The van der Waals surface area contributed by atoms with Crippen molar-refractivity contribution >= 4 is 5.91 Å². The Bertz CT molecular complexity index is 611. The van der Waals surface area contributed by atoms with Gasteiger partial charge in [-0.25, -0.2) is 0 Å². The van der Waals surface area contributed by atoms with Crippen LogP contribution in [-0.2, 0) is 4.79 Å². The fourth-order valence-electron chi connectivity index (χ4n) is 2.41. The predicted octanol–water partition coefficient (Wildman–Crippen LogP) is 2.12. The lowest BCUT2D eigenvalue weighted by Gasteiger charge is -2.21. The molecule has 4 nitrogen and oxygen atoms in total. The van der Waals surface area contributed by atoms with Gasteiger partial charge in [0.15, 0.2) is 0 Å². The molecule has 0 saturated heterocycles. The number of rotatable bonds is 5. The average Bonchev–Trinajstić information content (AvgIpc) is 2.47. The number of likely N-dealkylation sites (N-methyl/N-ethyl adjacent to an activating group) is 1. The van der Waals surface area contributed by atoms with E-state index in [0.29, 0.717) is 6.54 Å². The van der Waals surface area contributed by atoms with Crippen molar-refractivity contribution in [2.24, 2.45) is 0 Å². The highest BCUT2D eigenvalue weighted by Gasteiger charge is 2.18. The number of nitrogens with zero attached hydrogens (tertiary/aromatic N) is 1. The molecule has 1 aromatic heterocycles. The third kappa shape index (κ3) is 3.89. The molecule has 110 valence electrons. The smallest absolute Gasteiger partial charge is 0.234 e. The number of nitrogens with one attached hydrogen (secondary N) is 2. The maximum Gasteiger partial charge on any atom is 0.234 e. The predicted molar refractivity (Wildman–Crippen MR) is 84.1 cm³/mol. The minimum Gasteiger partial charge on any atom is -0.344 e. The molecule has 0 spiro atoms. The summed E-state index contributed by atoms with van der Waals surface area (Å²) in [6.07, 6.45) is 3.53. The normalized spacial score (nSPS) is 12.0. The number of amides is 1. The van der Waals surface area contributed by atoms with E-state index >= 15 is 0 Å². The first-order valence-corrected chi connectivity index (χ1v) is 7.03. The second-order valence-electron chi connectivity index (χ2n) is 5.18. The molecule has 0 unspecified atom stereocenters. The molecule has 2 rings (SSSR count). The molecule has 1 amide bonds. The zero-order valence-electron chi connectivity index (χ0n) is 12.7. The Balaban J connectivity index is 2.38. The molecule has 0 bridgehead atoms. The van der Waals surface area contributed by atoms with Crippen molar-refractivity contribution in [3.8, 4) is 0 Å². The van der Waals surface area contributed by atoms with Crippen molar-refractivity contribution in [3.63, 3.8) is 0 Å². The Kier molecular flexibility index (Phi) is 5.06. The lowest BCUT2D eigenvalue weighted by molar-refractivity contribution is -0.120. The first-order chi connectivity index (χ1) is 10.1. The van der Waals surface area contributed by atoms with Gasteiger partial charge >= 0.3 is 0 Å². The number of aryl methyl sites for hydroxylation is 2. The van der Waals surface area contributed by atoms with Crippen molar-refractivity contribution in [1.29, 1.82) is 0 Å². The van der Waals surface area contributed by atoms with Gasteiger partial charge in [-0.2, -0.15) is 0 Å². The van der Waals surface area contributed by atoms with Crippen LogP contribution in [0.3, 0.4) is 0 Å². The molecule has 21 heavy (non-hydrogen) atoms. The molecule has 4 heteroatoms. The summed E-state index contributed by atoms with van der Waals surface area (Å²) < 4.78 is 0. The van der Waals surface area contributed by atoms with E-state index in [-0.39, 0.29) is 11.9 Å². The van der Waals surface area contributed by atoms with Gasteiger partial charge in [0, 0.05) is 12.4 Å². The fraction of sp³-hybridized carbons (Fsp3) is 0.294. The summed E-state index contributed by atoms with van der Waals surface area (Å²) in [7, 11) is 1.76. The van der Waals surface area contributed by atoms with Crippen molar-refractivity contribution < 1.29 is 4.79 Å². The van der Waals surface area contributed by atoms with Crippen molar-refractivity contribution in [3.05, 3.63) is 65.0 Å². The number of aromatic nitrogens is 1. The number of hydrogen-bond donors (Lipinski definition) is 2. The summed E-state index contributed by atoms with van der Waals surface area (Å²) in [6, 6.07) is 9.95. The molecule has 0 aliphatic rings. The van der Waals surface area contributed by atoms with E-state index < -0.39 is 0 Å². The molecule has 2 N–H and O–H groups in total. The lowest BCUT2D eigenvalue weighted by atomic mass is 9.94. The molecule has 0 aliphatic heterocycles.